The monoisotopic (exact) mass is 230 g/mol. The molecular weight excluding hydrogens is 208 g/mol. The van der Waals surface area contributed by atoms with Crippen molar-refractivity contribution in [2.24, 2.45) is 5.41 Å². The number of hydrogen-bond acceptors (Lipinski definition) is 1. The quantitative estimate of drug-likeness (QED) is 0.690. The Balaban J connectivity index is 1.87. The van der Waals surface area contributed by atoms with Crippen molar-refractivity contribution >= 4 is 5.78 Å². The van der Waals surface area contributed by atoms with E-state index in [1.54, 1.807) is 0 Å². The highest BCUT2D eigenvalue weighted by Gasteiger charge is 2.27. The van der Waals surface area contributed by atoms with E-state index >= 15 is 0 Å². The average Bonchev–Trinajstić information content (AvgIpc) is 2.38. The van der Waals surface area contributed by atoms with Gasteiger partial charge in [0.25, 0.3) is 0 Å². The number of hydrogen-bond donors (Lipinski definition) is 0. The Labute approximate surface area is 104 Å². The van der Waals surface area contributed by atoms with Gasteiger partial charge in [0, 0.05) is 12.0 Å². The van der Waals surface area contributed by atoms with Gasteiger partial charge in [-0.2, -0.15) is 0 Å². The maximum atomic E-state index is 12.0. The highest BCUT2D eigenvalue weighted by Crippen LogP contribution is 2.39. The van der Waals surface area contributed by atoms with Crippen LogP contribution in [0.5, 0.6) is 0 Å². The first-order valence-electron chi connectivity index (χ1n) is 6.78. The molecule has 1 fully saturated rings. The summed E-state index contributed by atoms with van der Waals surface area (Å²) in [4.78, 5) is 12.0. The zero-order valence-corrected chi connectivity index (χ0v) is 10.7. The molecule has 0 saturated heterocycles. The first kappa shape index (κ1) is 12.3. The first-order valence-corrected chi connectivity index (χ1v) is 6.78. The van der Waals surface area contributed by atoms with E-state index in [4.69, 9.17) is 0 Å². The summed E-state index contributed by atoms with van der Waals surface area (Å²) in [6, 6.07) is 9.68. The minimum Gasteiger partial charge on any atom is -0.294 e. The molecule has 0 radical (unpaired) electrons. The molecule has 0 heterocycles. The summed E-state index contributed by atoms with van der Waals surface area (Å²) in [6.45, 7) is 2.35. The SMILES string of the molecule is CC1(CCC(=O)c2ccccc2)CCCCC1. The van der Waals surface area contributed by atoms with Crippen LogP contribution in [0.4, 0.5) is 0 Å². The van der Waals surface area contributed by atoms with Gasteiger partial charge in [-0.3, -0.25) is 4.79 Å². The van der Waals surface area contributed by atoms with Crippen LogP contribution < -0.4 is 0 Å². The Hall–Kier alpha value is -1.11. The summed E-state index contributed by atoms with van der Waals surface area (Å²) in [5.41, 5.74) is 1.29. The summed E-state index contributed by atoms with van der Waals surface area (Å²) < 4.78 is 0. The van der Waals surface area contributed by atoms with Crippen LogP contribution in [0.1, 0.15) is 62.2 Å². The van der Waals surface area contributed by atoms with Gasteiger partial charge in [-0.1, -0.05) is 56.5 Å². The van der Waals surface area contributed by atoms with Crippen molar-refractivity contribution in [2.45, 2.75) is 51.9 Å². The van der Waals surface area contributed by atoms with Crippen LogP contribution in [-0.4, -0.2) is 5.78 Å². The molecule has 0 spiro atoms. The van der Waals surface area contributed by atoms with Crippen LogP contribution in [0, 0.1) is 5.41 Å². The molecule has 1 aliphatic rings. The van der Waals surface area contributed by atoms with Crippen LogP contribution in [0.15, 0.2) is 30.3 Å². The van der Waals surface area contributed by atoms with Gasteiger partial charge >= 0.3 is 0 Å². The number of ketones is 1. The molecular formula is C16H22O. The number of benzene rings is 1. The standard InChI is InChI=1S/C16H22O/c1-16(11-6-3-7-12-16)13-10-15(17)14-8-4-2-5-9-14/h2,4-5,8-9H,3,6-7,10-13H2,1H3. The minimum atomic E-state index is 0.303. The maximum absolute atomic E-state index is 12.0. The van der Waals surface area contributed by atoms with Crippen molar-refractivity contribution < 1.29 is 4.79 Å². The Morgan fingerprint density at radius 1 is 1.12 bits per heavy atom. The van der Waals surface area contributed by atoms with Gasteiger partial charge in [-0.25, -0.2) is 0 Å². The second-order valence-electron chi connectivity index (χ2n) is 5.66. The van der Waals surface area contributed by atoms with Crippen LogP contribution in [0.25, 0.3) is 0 Å². The Bertz CT molecular complexity index is 360. The van der Waals surface area contributed by atoms with E-state index in [9.17, 15) is 4.79 Å². The van der Waals surface area contributed by atoms with E-state index in [-0.39, 0.29) is 0 Å². The lowest BCUT2D eigenvalue weighted by atomic mass is 9.72. The van der Waals surface area contributed by atoms with Crippen LogP contribution >= 0.6 is 0 Å². The molecule has 0 bridgehead atoms. The molecule has 0 aromatic heterocycles. The molecule has 1 aromatic rings. The fourth-order valence-electron chi connectivity index (χ4n) is 2.84. The van der Waals surface area contributed by atoms with Crippen LogP contribution in [0.2, 0.25) is 0 Å². The van der Waals surface area contributed by atoms with Gasteiger partial charge in [-0.05, 0) is 24.7 Å². The third-order valence-electron chi connectivity index (χ3n) is 4.11. The zero-order chi connectivity index (χ0) is 12.1. The van der Waals surface area contributed by atoms with Crippen molar-refractivity contribution in [1.29, 1.82) is 0 Å². The molecule has 1 saturated carbocycles. The van der Waals surface area contributed by atoms with Crippen molar-refractivity contribution in [1.82, 2.24) is 0 Å². The predicted octanol–water partition coefficient (Wildman–Crippen LogP) is 4.62. The second-order valence-corrected chi connectivity index (χ2v) is 5.66. The number of carbonyl (C=O) groups excluding carboxylic acids is 1. The lowest BCUT2D eigenvalue weighted by Crippen LogP contribution is -2.21. The summed E-state index contributed by atoms with van der Waals surface area (Å²) in [5, 5.41) is 0. The molecule has 0 atom stereocenters. The van der Waals surface area contributed by atoms with Crippen molar-refractivity contribution in [3.8, 4) is 0 Å². The summed E-state index contributed by atoms with van der Waals surface area (Å²) in [7, 11) is 0. The topological polar surface area (TPSA) is 17.1 Å². The second kappa shape index (κ2) is 5.48. The number of Topliss-reactive ketones (excluding diaryl/α,β-unsaturated/α-hetero) is 1. The normalized spacial score (nSPS) is 18.9. The molecule has 1 aromatic carbocycles. The molecule has 2 rings (SSSR count). The smallest absolute Gasteiger partial charge is 0.162 e. The van der Waals surface area contributed by atoms with E-state index in [1.807, 2.05) is 30.3 Å². The Morgan fingerprint density at radius 3 is 2.41 bits per heavy atom. The molecule has 1 heteroatoms. The lowest BCUT2D eigenvalue weighted by molar-refractivity contribution is 0.0944. The van der Waals surface area contributed by atoms with Gasteiger partial charge in [-0.15, -0.1) is 0 Å². The van der Waals surface area contributed by atoms with Crippen molar-refractivity contribution in [3.05, 3.63) is 35.9 Å². The van der Waals surface area contributed by atoms with Gasteiger partial charge in [0.05, 0.1) is 0 Å². The Morgan fingerprint density at radius 2 is 1.76 bits per heavy atom. The summed E-state index contributed by atoms with van der Waals surface area (Å²) in [5.74, 6) is 0.303. The lowest BCUT2D eigenvalue weighted by Gasteiger charge is -2.33. The number of carbonyl (C=O) groups is 1. The fourth-order valence-corrected chi connectivity index (χ4v) is 2.84. The van der Waals surface area contributed by atoms with Gasteiger partial charge in [0.15, 0.2) is 5.78 Å². The van der Waals surface area contributed by atoms with E-state index in [0.717, 1.165) is 12.0 Å². The van der Waals surface area contributed by atoms with E-state index < -0.39 is 0 Å². The Kier molecular flexibility index (Phi) is 3.98. The molecule has 1 nitrogen and oxygen atoms in total. The highest BCUT2D eigenvalue weighted by atomic mass is 16.1. The predicted molar refractivity (Wildman–Crippen MR) is 71.2 cm³/mol. The molecule has 0 N–H and O–H groups in total. The van der Waals surface area contributed by atoms with E-state index in [0.29, 0.717) is 17.6 Å². The summed E-state index contributed by atoms with van der Waals surface area (Å²) >= 11 is 0. The third kappa shape index (κ3) is 3.42. The summed E-state index contributed by atoms with van der Waals surface area (Å²) in [6.07, 6.45) is 8.43. The number of rotatable bonds is 4. The highest BCUT2D eigenvalue weighted by molar-refractivity contribution is 5.95. The molecule has 0 amide bonds. The van der Waals surface area contributed by atoms with Crippen LogP contribution in [-0.2, 0) is 0 Å². The zero-order valence-electron chi connectivity index (χ0n) is 10.7. The van der Waals surface area contributed by atoms with Gasteiger partial charge in [0.1, 0.15) is 0 Å². The fraction of sp³-hybridized carbons (Fsp3) is 0.562. The van der Waals surface area contributed by atoms with Crippen molar-refractivity contribution in [3.63, 3.8) is 0 Å². The van der Waals surface area contributed by atoms with Crippen LogP contribution in [0.3, 0.4) is 0 Å². The molecule has 0 aliphatic heterocycles. The van der Waals surface area contributed by atoms with E-state index in [2.05, 4.69) is 6.92 Å². The van der Waals surface area contributed by atoms with Crippen molar-refractivity contribution in [2.75, 3.05) is 0 Å². The largest absolute Gasteiger partial charge is 0.294 e. The molecule has 1 aliphatic carbocycles. The molecule has 92 valence electrons. The van der Waals surface area contributed by atoms with Gasteiger partial charge < -0.3 is 0 Å². The minimum absolute atomic E-state index is 0.303. The molecule has 0 unspecified atom stereocenters. The van der Waals surface area contributed by atoms with Gasteiger partial charge in [0.2, 0.25) is 0 Å². The average molecular weight is 230 g/mol. The molecule has 17 heavy (non-hydrogen) atoms. The third-order valence-corrected chi connectivity index (χ3v) is 4.11. The van der Waals surface area contributed by atoms with E-state index in [1.165, 1.54) is 32.1 Å². The first-order chi connectivity index (χ1) is 8.20. The maximum Gasteiger partial charge on any atom is 0.162 e.